The van der Waals surface area contributed by atoms with Crippen LogP contribution in [0.3, 0.4) is 0 Å². The molecule has 2 unspecified atom stereocenters. The lowest BCUT2D eigenvalue weighted by molar-refractivity contribution is -0.124. The topological polar surface area (TPSA) is 70.7 Å². The van der Waals surface area contributed by atoms with Crippen LogP contribution < -0.4 is 10.6 Å². The number of fused-ring (bicyclic) bond motifs is 3. The van der Waals surface area contributed by atoms with Crippen molar-refractivity contribution in [2.45, 2.75) is 32.4 Å². The van der Waals surface area contributed by atoms with Crippen LogP contribution in [0.2, 0.25) is 0 Å². The fourth-order valence-corrected chi connectivity index (χ4v) is 2.23. The maximum absolute atomic E-state index is 12.0. The zero-order valence-corrected chi connectivity index (χ0v) is 11.2. The van der Waals surface area contributed by atoms with Crippen molar-refractivity contribution in [3.05, 3.63) is 0 Å². The van der Waals surface area contributed by atoms with Gasteiger partial charge in [-0.1, -0.05) is 0 Å². The Bertz CT molecular complexity index is 351. The summed E-state index contributed by atoms with van der Waals surface area (Å²) in [6.45, 7) is 7.76. The van der Waals surface area contributed by atoms with Gasteiger partial charge in [-0.3, -0.25) is 4.79 Å². The van der Waals surface area contributed by atoms with Gasteiger partial charge in [-0.2, -0.15) is 0 Å². The van der Waals surface area contributed by atoms with E-state index in [9.17, 15) is 9.59 Å². The van der Waals surface area contributed by atoms with Crippen molar-refractivity contribution in [1.29, 1.82) is 0 Å². The first-order valence-corrected chi connectivity index (χ1v) is 6.34. The first kappa shape index (κ1) is 13.1. The summed E-state index contributed by atoms with van der Waals surface area (Å²) in [4.78, 5) is 25.5. The molecule has 0 spiro atoms. The highest BCUT2D eigenvalue weighted by Gasteiger charge is 2.35. The predicted octanol–water partition coefficient (Wildman–Crippen LogP) is -0.0587. The van der Waals surface area contributed by atoms with Crippen LogP contribution in [0, 0.1) is 5.92 Å². The van der Waals surface area contributed by atoms with E-state index in [-0.39, 0.29) is 24.0 Å². The normalized spacial score (nSPS) is 28.4. The van der Waals surface area contributed by atoms with E-state index in [0.29, 0.717) is 26.2 Å². The molecule has 0 radical (unpaired) electrons. The van der Waals surface area contributed by atoms with E-state index < -0.39 is 5.60 Å². The van der Waals surface area contributed by atoms with Crippen molar-refractivity contribution < 1.29 is 14.3 Å². The lowest BCUT2D eigenvalue weighted by Crippen LogP contribution is -2.48. The van der Waals surface area contributed by atoms with Crippen molar-refractivity contribution in [2.24, 2.45) is 5.92 Å². The Balaban J connectivity index is 2.06. The van der Waals surface area contributed by atoms with Crippen LogP contribution in [0.25, 0.3) is 0 Å². The molecule has 2 aliphatic rings. The van der Waals surface area contributed by atoms with Crippen molar-refractivity contribution in [3.63, 3.8) is 0 Å². The Morgan fingerprint density at radius 2 is 2.06 bits per heavy atom. The molecular formula is C12H21N3O3. The van der Waals surface area contributed by atoms with E-state index in [1.165, 1.54) is 0 Å². The molecule has 2 fully saturated rings. The highest BCUT2D eigenvalue weighted by molar-refractivity contribution is 5.81. The van der Waals surface area contributed by atoms with Crippen molar-refractivity contribution in [1.82, 2.24) is 15.5 Å². The molecule has 2 N–H and O–H groups in total. The molecular weight excluding hydrogens is 234 g/mol. The van der Waals surface area contributed by atoms with Crippen LogP contribution >= 0.6 is 0 Å². The fraction of sp³-hybridized carbons (Fsp3) is 0.833. The van der Waals surface area contributed by atoms with Gasteiger partial charge in [-0.05, 0) is 20.8 Å². The average Bonchev–Trinajstić information content (AvgIpc) is 2.42. The molecule has 2 aliphatic heterocycles. The van der Waals surface area contributed by atoms with Gasteiger partial charge in [-0.15, -0.1) is 0 Å². The third kappa shape index (κ3) is 3.13. The molecule has 6 heteroatoms. The van der Waals surface area contributed by atoms with E-state index >= 15 is 0 Å². The lowest BCUT2D eigenvalue weighted by atomic mass is 10.1. The fourth-order valence-electron chi connectivity index (χ4n) is 2.23. The Hall–Kier alpha value is -1.30. The van der Waals surface area contributed by atoms with E-state index in [2.05, 4.69) is 10.6 Å². The van der Waals surface area contributed by atoms with Crippen molar-refractivity contribution in [2.75, 3.05) is 26.2 Å². The van der Waals surface area contributed by atoms with Crippen LogP contribution in [0.15, 0.2) is 0 Å². The molecule has 0 saturated carbocycles. The third-order valence-electron chi connectivity index (χ3n) is 3.03. The first-order valence-electron chi connectivity index (χ1n) is 6.34. The second-order valence-electron chi connectivity index (χ2n) is 5.95. The molecule has 18 heavy (non-hydrogen) atoms. The van der Waals surface area contributed by atoms with Gasteiger partial charge in [-0.25, -0.2) is 4.79 Å². The van der Waals surface area contributed by atoms with Gasteiger partial charge in [0, 0.05) is 26.2 Å². The Labute approximate surface area is 107 Å². The molecule has 2 atom stereocenters. The number of ether oxygens (including phenoxy) is 1. The molecule has 0 aromatic carbocycles. The highest BCUT2D eigenvalue weighted by Crippen LogP contribution is 2.15. The summed E-state index contributed by atoms with van der Waals surface area (Å²) >= 11 is 0. The largest absolute Gasteiger partial charge is 0.444 e. The number of hydrogen-bond acceptors (Lipinski definition) is 4. The SMILES string of the molecule is CC(C)(C)OC(=O)N1CC2CNCC(C1)C(=O)N2. The summed E-state index contributed by atoms with van der Waals surface area (Å²) in [7, 11) is 0. The number of rotatable bonds is 0. The summed E-state index contributed by atoms with van der Waals surface area (Å²) in [5.41, 5.74) is -0.506. The molecule has 6 nitrogen and oxygen atoms in total. The smallest absolute Gasteiger partial charge is 0.410 e. The maximum Gasteiger partial charge on any atom is 0.410 e. The molecule has 0 aliphatic carbocycles. The number of carbonyl (C=O) groups is 2. The maximum atomic E-state index is 12.0. The first-order chi connectivity index (χ1) is 8.35. The molecule has 102 valence electrons. The monoisotopic (exact) mass is 255 g/mol. The van der Waals surface area contributed by atoms with Gasteiger partial charge < -0.3 is 20.3 Å². The van der Waals surface area contributed by atoms with Crippen molar-refractivity contribution >= 4 is 12.0 Å². The minimum Gasteiger partial charge on any atom is -0.444 e. The summed E-state index contributed by atoms with van der Waals surface area (Å²) in [5, 5.41) is 6.16. The molecule has 2 saturated heterocycles. The Morgan fingerprint density at radius 3 is 2.72 bits per heavy atom. The van der Waals surface area contributed by atoms with Crippen LogP contribution in [0.4, 0.5) is 4.79 Å². The second-order valence-corrected chi connectivity index (χ2v) is 5.95. The van der Waals surface area contributed by atoms with Gasteiger partial charge in [0.05, 0.1) is 12.0 Å². The molecule has 2 amide bonds. The van der Waals surface area contributed by atoms with Crippen LogP contribution in [-0.2, 0) is 9.53 Å². The van der Waals surface area contributed by atoms with E-state index in [0.717, 1.165) is 0 Å². The van der Waals surface area contributed by atoms with E-state index in [1.54, 1.807) is 4.90 Å². The standard InChI is InChI=1S/C12H21N3O3/c1-12(2,3)18-11(17)15-6-8-4-13-5-9(7-15)14-10(8)16/h8-9,13H,4-7H2,1-3H3,(H,14,16). The Kier molecular flexibility index (Phi) is 3.47. The summed E-state index contributed by atoms with van der Waals surface area (Å²) in [6.07, 6.45) is -0.337. The lowest BCUT2D eigenvalue weighted by Gasteiger charge is -2.30. The molecule has 0 aromatic rings. The van der Waals surface area contributed by atoms with Gasteiger partial charge in [0.1, 0.15) is 5.60 Å². The van der Waals surface area contributed by atoms with Crippen LogP contribution in [0.5, 0.6) is 0 Å². The summed E-state index contributed by atoms with van der Waals surface area (Å²) < 4.78 is 5.36. The summed E-state index contributed by atoms with van der Waals surface area (Å²) in [5.74, 6) is -0.166. The second kappa shape index (κ2) is 4.76. The highest BCUT2D eigenvalue weighted by atomic mass is 16.6. The molecule has 0 aromatic heterocycles. The number of nitrogens with zero attached hydrogens (tertiary/aromatic N) is 1. The van der Waals surface area contributed by atoms with Gasteiger partial charge in [0.25, 0.3) is 0 Å². The number of nitrogens with one attached hydrogen (secondary N) is 2. The molecule has 2 rings (SSSR count). The molecule has 2 bridgehead atoms. The zero-order chi connectivity index (χ0) is 13.3. The number of carbonyl (C=O) groups excluding carboxylic acids is 2. The summed E-state index contributed by atoms with van der Waals surface area (Å²) in [6, 6.07) is -0.0301. The van der Waals surface area contributed by atoms with Gasteiger partial charge in [0.15, 0.2) is 0 Å². The predicted molar refractivity (Wildman–Crippen MR) is 66.1 cm³/mol. The van der Waals surface area contributed by atoms with E-state index in [1.807, 2.05) is 20.8 Å². The van der Waals surface area contributed by atoms with E-state index in [4.69, 9.17) is 4.74 Å². The third-order valence-corrected chi connectivity index (χ3v) is 3.03. The van der Waals surface area contributed by atoms with Crippen LogP contribution in [0.1, 0.15) is 20.8 Å². The van der Waals surface area contributed by atoms with Crippen LogP contribution in [-0.4, -0.2) is 54.7 Å². The number of amides is 2. The van der Waals surface area contributed by atoms with Gasteiger partial charge in [0.2, 0.25) is 5.91 Å². The average molecular weight is 255 g/mol. The minimum atomic E-state index is -0.506. The zero-order valence-electron chi connectivity index (χ0n) is 11.2. The quantitative estimate of drug-likeness (QED) is 0.636. The Morgan fingerprint density at radius 1 is 1.33 bits per heavy atom. The van der Waals surface area contributed by atoms with Gasteiger partial charge >= 0.3 is 6.09 Å². The minimum absolute atomic E-state index is 0.0241. The number of hydrogen-bond donors (Lipinski definition) is 2. The molecule has 2 heterocycles. The van der Waals surface area contributed by atoms with Crippen molar-refractivity contribution in [3.8, 4) is 0 Å².